The number of amides is 3. The van der Waals surface area contributed by atoms with Crippen molar-refractivity contribution in [2.45, 2.75) is 75.5 Å². The van der Waals surface area contributed by atoms with Gasteiger partial charge in [-0.3, -0.25) is 14.4 Å². The molecule has 0 aromatic heterocycles. The Balaban J connectivity index is 1.21. The van der Waals surface area contributed by atoms with Crippen LogP contribution in [0.4, 0.5) is 11.4 Å². The first-order valence-electron chi connectivity index (χ1n) is 19.2. The molecular formula is C44H48N4O6Si. The molecule has 5 atom stereocenters. The summed E-state index contributed by atoms with van der Waals surface area (Å²) in [7, 11) is 0.875. The number of rotatable bonds is 8. The molecule has 4 aliphatic heterocycles. The number of likely N-dealkylation sites (N-methyl/N-ethyl adjacent to an activating group) is 1. The van der Waals surface area contributed by atoms with Crippen LogP contribution in [-0.2, 0) is 37.7 Å². The van der Waals surface area contributed by atoms with Crippen LogP contribution in [0.15, 0.2) is 102 Å². The molecule has 4 aliphatic rings. The number of hydrazone groups is 1. The fraction of sp³-hybridized carbons (Fsp3) is 0.364. The number of ether oxygens (including phenoxy) is 2. The highest BCUT2D eigenvalue weighted by molar-refractivity contribution is 6.91. The Labute approximate surface area is 323 Å². The minimum absolute atomic E-state index is 0.0589. The SMILES string of the molecule is COc1ccc([Si](C)(C)[C@H]2[C@H](CC(=O)N3Cc4ccccc4C[C@H]3CO)O[C@@]3(C(=O)N(C)c4ccc(N5N=C(c6ccccc6)CCC5=O)cc43)[C@@H]2C)cc1. The minimum atomic E-state index is -2.54. The van der Waals surface area contributed by atoms with Gasteiger partial charge in [0.25, 0.3) is 5.91 Å². The first-order valence-corrected chi connectivity index (χ1v) is 22.2. The maximum atomic E-state index is 14.8. The average molecular weight is 757 g/mol. The normalized spacial score (nSPS) is 24.9. The number of hydrogen-bond acceptors (Lipinski definition) is 7. The standard InChI is InChI=1S/C44H48N4O6Si/c1-28-42(55(4,5)35-18-16-34(53-3)17-19-35)39(25-41(51)47-26-31-14-10-9-13-30(31)23-33(47)27-49)54-44(28)36-24-32(15-21-38(36)46(2)43(44)52)48-40(50)22-20-37(45-48)29-11-7-6-8-12-29/h6-19,21,24,28,33,39,42,49H,20,22-23,25-27H2,1-5H3/t28-,33+,39+,42-,44+/m1/s1. The molecule has 4 aromatic rings. The Bertz CT molecular complexity index is 2170. The van der Waals surface area contributed by atoms with E-state index in [2.05, 4.69) is 38.2 Å². The number of anilines is 2. The van der Waals surface area contributed by atoms with Gasteiger partial charge in [-0.25, -0.2) is 5.01 Å². The summed E-state index contributed by atoms with van der Waals surface area (Å²) in [6, 6.07) is 31.3. The van der Waals surface area contributed by atoms with Crippen molar-refractivity contribution in [2.24, 2.45) is 11.0 Å². The van der Waals surface area contributed by atoms with Gasteiger partial charge >= 0.3 is 0 Å². The summed E-state index contributed by atoms with van der Waals surface area (Å²) in [5, 5.41) is 17.9. The highest BCUT2D eigenvalue weighted by atomic mass is 28.3. The van der Waals surface area contributed by atoms with E-state index in [0.29, 0.717) is 42.7 Å². The van der Waals surface area contributed by atoms with Crippen LogP contribution in [0, 0.1) is 5.92 Å². The van der Waals surface area contributed by atoms with E-state index in [4.69, 9.17) is 14.6 Å². The van der Waals surface area contributed by atoms with Gasteiger partial charge in [0.1, 0.15) is 5.75 Å². The van der Waals surface area contributed by atoms with Gasteiger partial charge in [0.05, 0.1) is 57.4 Å². The average Bonchev–Trinajstić information content (AvgIpc) is 3.62. The van der Waals surface area contributed by atoms with Gasteiger partial charge in [-0.05, 0) is 59.0 Å². The summed E-state index contributed by atoms with van der Waals surface area (Å²) in [6.45, 7) is 6.92. The second-order valence-electron chi connectivity index (χ2n) is 15.9. The quantitative estimate of drug-likeness (QED) is 0.229. The first-order chi connectivity index (χ1) is 26.5. The van der Waals surface area contributed by atoms with E-state index in [1.165, 1.54) is 5.01 Å². The van der Waals surface area contributed by atoms with Gasteiger partial charge in [0, 0.05) is 37.9 Å². The second kappa shape index (κ2) is 14.2. The number of nitrogens with zero attached hydrogens (tertiary/aromatic N) is 4. The fourth-order valence-electron chi connectivity index (χ4n) is 9.66. The molecule has 0 radical (unpaired) electrons. The number of aliphatic hydroxyl groups excluding tert-OH is 1. The highest BCUT2D eigenvalue weighted by Crippen LogP contribution is 2.60. The molecule has 4 heterocycles. The van der Waals surface area contributed by atoms with Crippen LogP contribution in [0.3, 0.4) is 0 Å². The number of carbonyl (C=O) groups is 3. The van der Waals surface area contributed by atoms with Crippen molar-refractivity contribution >= 4 is 48.1 Å². The number of aliphatic hydroxyl groups is 1. The molecule has 10 nitrogen and oxygen atoms in total. The van der Waals surface area contributed by atoms with Gasteiger partial charge < -0.3 is 24.4 Å². The topological polar surface area (TPSA) is 112 Å². The van der Waals surface area contributed by atoms with Crippen molar-refractivity contribution in [3.05, 3.63) is 119 Å². The number of methoxy groups -OCH3 is 1. The summed E-state index contributed by atoms with van der Waals surface area (Å²) in [5.41, 5.74) is 4.38. The summed E-state index contributed by atoms with van der Waals surface area (Å²) in [6.07, 6.45) is 0.879. The van der Waals surface area contributed by atoms with Gasteiger partial charge in [0.2, 0.25) is 11.8 Å². The smallest absolute Gasteiger partial charge is 0.264 e. The maximum Gasteiger partial charge on any atom is 0.264 e. The highest BCUT2D eigenvalue weighted by Gasteiger charge is 2.66. The Morgan fingerprint density at radius 2 is 1.67 bits per heavy atom. The molecule has 0 bridgehead atoms. The second-order valence-corrected chi connectivity index (χ2v) is 20.6. The van der Waals surface area contributed by atoms with Crippen LogP contribution in [-0.4, -0.2) is 74.4 Å². The zero-order chi connectivity index (χ0) is 38.6. The Morgan fingerprint density at radius 1 is 0.964 bits per heavy atom. The molecule has 55 heavy (non-hydrogen) atoms. The maximum absolute atomic E-state index is 14.8. The van der Waals surface area contributed by atoms with E-state index >= 15 is 0 Å². The molecule has 284 valence electrons. The Kier molecular flexibility index (Phi) is 9.51. The van der Waals surface area contributed by atoms with E-state index in [9.17, 15) is 19.5 Å². The van der Waals surface area contributed by atoms with E-state index in [-0.39, 0.29) is 48.3 Å². The van der Waals surface area contributed by atoms with Gasteiger partial charge in [-0.15, -0.1) is 0 Å². The van der Waals surface area contributed by atoms with Crippen LogP contribution < -0.4 is 19.8 Å². The van der Waals surface area contributed by atoms with E-state index in [1.54, 1.807) is 24.0 Å². The lowest BCUT2D eigenvalue weighted by Gasteiger charge is -2.39. The van der Waals surface area contributed by atoms with Crippen molar-refractivity contribution in [1.82, 2.24) is 4.90 Å². The third-order valence-electron chi connectivity index (χ3n) is 12.6. The number of carbonyl (C=O) groups excluding carboxylic acids is 3. The van der Waals surface area contributed by atoms with Gasteiger partial charge in [-0.1, -0.05) is 91.9 Å². The van der Waals surface area contributed by atoms with Gasteiger partial charge in [-0.2, -0.15) is 5.10 Å². The van der Waals surface area contributed by atoms with E-state index in [1.807, 2.05) is 78.9 Å². The minimum Gasteiger partial charge on any atom is -0.497 e. The lowest BCUT2D eigenvalue weighted by atomic mass is 9.82. The number of benzene rings is 4. The molecular weight excluding hydrogens is 709 g/mol. The summed E-state index contributed by atoms with van der Waals surface area (Å²) < 4.78 is 12.7. The van der Waals surface area contributed by atoms with Crippen molar-refractivity contribution in [1.29, 1.82) is 0 Å². The Hall–Kier alpha value is -5.10. The van der Waals surface area contributed by atoms with Crippen LogP contribution >= 0.6 is 0 Å². The van der Waals surface area contributed by atoms with Crippen molar-refractivity contribution in [2.75, 3.05) is 30.7 Å². The number of hydrogen-bond donors (Lipinski definition) is 1. The predicted molar refractivity (Wildman–Crippen MR) is 215 cm³/mol. The number of fused-ring (bicyclic) bond motifs is 3. The molecule has 3 amide bonds. The summed E-state index contributed by atoms with van der Waals surface area (Å²) >= 11 is 0. The molecule has 8 rings (SSSR count). The van der Waals surface area contributed by atoms with Gasteiger partial charge in [0.15, 0.2) is 5.60 Å². The van der Waals surface area contributed by atoms with Crippen LogP contribution in [0.2, 0.25) is 18.6 Å². The molecule has 11 heteroatoms. The van der Waals surface area contributed by atoms with Crippen molar-refractivity contribution in [3.8, 4) is 5.75 Å². The molecule has 1 N–H and O–H groups in total. The summed E-state index contributed by atoms with van der Waals surface area (Å²) in [5.74, 6) is -0.00124. The van der Waals surface area contributed by atoms with Crippen LogP contribution in [0.1, 0.15) is 48.4 Å². The van der Waals surface area contributed by atoms with Crippen LogP contribution in [0.5, 0.6) is 5.75 Å². The third kappa shape index (κ3) is 6.09. The largest absolute Gasteiger partial charge is 0.497 e. The Morgan fingerprint density at radius 3 is 2.38 bits per heavy atom. The first kappa shape index (κ1) is 36.9. The molecule has 0 aliphatic carbocycles. The van der Waals surface area contributed by atoms with Crippen molar-refractivity contribution < 1.29 is 29.0 Å². The van der Waals surface area contributed by atoms with E-state index in [0.717, 1.165) is 33.3 Å². The molecule has 1 fully saturated rings. The lowest BCUT2D eigenvalue weighted by molar-refractivity contribution is -0.150. The molecule has 4 aromatic carbocycles. The molecule has 0 saturated carbocycles. The third-order valence-corrected chi connectivity index (χ3v) is 17.0. The zero-order valence-corrected chi connectivity index (χ0v) is 33.1. The zero-order valence-electron chi connectivity index (χ0n) is 32.1. The molecule has 1 saturated heterocycles. The monoisotopic (exact) mass is 756 g/mol. The predicted octanol–water partition coefficient (Wildman–Crippen LogP) is 5.75. The summed E-state index contributed by atoms with van der Waals surface area (Å²) in [4.78, 5) is 46.3. The fourth-order valence-corrected chi connectivity index (χ4v) is 13.7. The van der Waals surface area contributed by atoms with Crippen LogP contribution in [0.25, 0.3) is 0 Å². The van der Waals surface area contributed by atoms with Crippen molar-refractivity contribution in [3.63, 3.8) is 0 Å². The molecule has 0 unspecified atom stereocenters. The lowest BCUT2D eigenvalue weighted by Crippen LogP contribution is -2.52. The molecule has 1 spiro atoms. The van der Waals surface area contributed by atoms with E-state index < -0.39 is 19.8 Å².